The topological polar surface area (TPSA) is 59.8 Å². The van der Waals surface area contributed by atoms with Gasteiger partial charge in [-0.1, -0.05) is 36.8 Å². The molecule has 4 rings (SSSR count). The van der Waals surface area contributed by atoms with Gasteiger partial charge in [0.1, 0.15) is 30.5 Å². The highest BCUT2D eigenvalue weighted by Gasteiger charge is 2.31. The molecule has 1 aliphatic rings. The molecule has 0 aliphatic carbocycles. The Labute approximate surface area is 209 Å². The number of likely N-dealkylation sites (tertiary alicyclic amines) is 1. The molecule has 0 bridgehead atoms. The van der Waals surface area contributed by atoms with Crippen LogP contribution in [0, 0.1) is 13.8 Å². The Morgan fingerprint density at radius 3 is 2.77 bits per heavy atom. The van der Waals surface area contributed by atoms with E-state index in [4.69, 9.17) is 9.47 Å². The van der Waals surface area contributed by atoms with Gasteiger partial charge in [0.15, 0.2) is 0 Å². The number of aryl methyl sites for hydroxylation is 3. The summed E-state index contributed by atoms with van der Waals surface area (Å²) in [6, 6.07) is 14.5. The molecule has 2 aromatic carbocycles. The number of aliphatic hydroxyl groups is 1. The van der Waals surface area contributed by atoms with Crippen LogP contribution in [0.3, 0.4) is 0 Å². The lowest BCUT2D eigenvalue weighted by atomic mass is 9.96. The Bertz CT molecular complexity index is 1100. The van der Waals surface area contributed by atoms with E-state index in [1.165, 1.54) is 11.1 Å². The third-order valence-electron chi connectivity index (χ3n) is 6.86. The first-order valence-electron chi connectivity index (χ1n) is 12.8. The third kappa shape index (κ3) is 7.09. The van der Waals surface area contributed by atoms with Crippen molar-refractivity contribution in [3.8, 4) is 11.5 Å². The predicted octanol–water partition coefficient (Wildman–Crippen LogP) is 4.94. The molecule has 1 aromatic heterocycles. The molecule has 0 spiro atoms. The minimum absolute atomic E-state index is 0.338. The first-order valence-corrected chi connectivity index (χ1v) is 12.8. The molecule has 35 heavy (non-hydrogen) atoms. The van der Waals surface area contributed by atoms with Crippen molar-refractivity contribution in [3.05, 3.63) is 77.4 Å². The lowest BCUT2D eigenvalue weighted by Gasteiger charge is -2.27. The van der Waals surface area contributed by atoms with Crippen molar-refractivity contribution in [2.45, 2.75) is 65.1 Å². The van der Waals surface area contributed by atoms with Gasteiger partial charge in [-0.15, -0.1) is 0 Å². The van der Waals surface area contributed by atoms with Gasteiger partial charge in [-0.2, -0.15) is 0 Å². The summed E-state index contributed by atoms with van der Waals surface area (Å²) in [5.74, 6) is 2.85. The largest absolute Gasteiger partial charge is 0.492 e. The number of hydrogen-bond acceptors (Lipinski definition) is 5. The van der Waals surface area contributed by atoms with E-state index in [0.29, 0.717) is 19.6 Å². The van der Waals surface area contributed by atoms with E-state index in [1.54, 1.807) is 0 Å². The van der Waals surface area contributed by atoms with Gasteiger partial charge < -0.3 is 19.1 Å². The summed E-state index contributed by atoms with van der Waals surface area (Å²) in [5, 5.41) is 11.2. The van der Waals surface area contributed by atoms with E-state index in [1.807, 2.05) is 24.5 Å². The lowest BCUT2D eigenvalue weighted by molar-refractivity contribution is -0.0170. The zero-order valence-corrected chi connectivity index (χ0v) is 21.4. The normalized spacial score (nSPS) is 18.9. The SMILES string of the molecule is CCc1nccn1CCOc1cccc(CN2CCC[C@](O)(COc3ccc(C)cc3C)CC2)c1. The van der Waals surface area contributed by atoms with Gasteiger partial charge in [0.2, 0.25) is 0 Å². The molecule has 1 N–H and O–H groups in total. The molecule has 0 radical (unpaired) electrons. The third-order valence-corrected chi connectivity index (χ3v) is 6.86. The Morgan fingerprint density at radius 1 is 1.06 bits per heavy atom. The molecule has 3 aromatic rings. The van der Waals surface area contributed by atoms with Crippen molar-refractivity contribution in [1.29, 1.82) is 0 Å². The number of benzene rings is 2. The molecule has 0 amide bonds. The minimum Gasteiger partial charge on any atom is -0.492 e. The Morgan fingerprint density at radius 2 is 1.94 bits per heavy atom. The second kappa shape index (κ2) is 11.7. The molecular weight excluding hydrogens is 438 g/mol. The summed E-state index contributed by atoms with van der Waals surface area (Å²) in [6.07, 6.45) is 7.19. The van der Waals surface area contributed by atoms with Gasteiger partial charge in [0, 0.05) is 31.9 Å². The zero-order chi connectivity index (χ0) is 24.7. The highest BCUT2D eigenvalue weighted by atomic mass is 16.5. The van der Waals surface area contributed by atoms with Crippen LogP contribution >= 0.6 is 0 Å². The van der Waals surface area contributed by atoms with Crippen LogP contribution < -0.4 is 9.47 Å². The van der Waals surface area contributed by atoms with Crippen molar-refractivity contribution >= 4 is 0 Å². The number of aromatic nitrogens is 2. The van der Waals surface area contributed by atoms with E-state index >= 15 is 0 Å². The van der Waals surface area contributed by atoms with Crippen LogP contribution in [0.2, 0.25) is 0 Å². The molecule has 6 heteroatoms. The number of nitrogens with zero attached hydrogens (tertiary/aromatic N) is 3. The first-order chi connectivity index (χ1) is 16.9. The fourth-order valence-corrected chi connectivity index (χ4v) is 4.82. The Hall–Kier alpha value is -2.83. The molecule has 1 atom stereocenters. The van der Waals surface area contributed by atoms with Crippen LogP contribution in [0.15, 0.2) is 54.9 Å². The van der Waals surface area contributed by atoms with Gasteiger partial charge in [0.05, 0.1) is 12.1 Å². The van der Waals surface area contributed by atoms with E-state index in [2.05, 4.69) is 65.6 Å². The molecule has 0 unspecified atom stereocenters. The van der Waals surface area contributed by atoms with Crippen molar-refractivity contribution in [1.82, 2.24) is 14.5 Å². The quantitative estimate of drug-likeness (QED) is 0.448. The summed E-state index contributed by atoms with van der Waals surface area (Å²) in [7, 11) is 0. The standard InChI is InChI=1S/C29H39N3O3/c1-4-28-30-13-16-32(28)17-18-34-26-8-5-7-25(20-26)21-31-14-6-11-29(33,12-15-31)22-35-27-10-9-23(2)19-24(27)3/h5,7-10,13,16,19-20,33H,4,6,11-12,14-15,17-18,21-22H2,1-3H3/t29-/m1/s1. The number of imidazole rings is 1. The Balaban J connectivity index is 1.26. The van der Waals surface area contributed by atoms with Crippen LogP contribution in [-0.4, -0.2) is 51.5 Å². The summed E-state index contributed by atoms with van der Waals surface area (Å²) >= 11 is 0. The van der Waals surface area contributed by atoms with E-state index in [0.717, 1.165) is 68.3 Å². The maximum Gasteiger partial charge on any atom is 0.122 e. The molecular formula is C29H39N3O3. The monoisotopic (exact) mass is 477 g/mol. The molecule has 188 valence electrons. The predicted molar refractivity (Wildman–Crippen MR) is 139 cm³/mol. The summed E-state index contributed by atoms with van der Waals surface area (Å²) in [5.41, 5.74) is 2.77. The smallest absolute Gasteiger partial charge is 0.122 e. The average molecular weight is 478 g/mol. The molecule has 0 saturated carbocycles. The average Bonchev–Trinajstić information content (AvgIpc) is 3.21. The van der Waals surface area contributed by atoms with Gasteiger partial charge in [0.25, 0.3) is 0 Å². The van der Waals surface area contributed by atoms with Crippen molar-refractivity contribution in [2.75, 3.05) is 26.3 Å². The fourth-order valence-electron chi connectivity index (χ4n) is 4.82. The Kier molecular flexibility index (Phi) is 8.47. The summed E-state index contributed by atoms with van der Waals surface area (Å²) < 4.78 is 14.2. The summed E-state index contributed by atoms with van der Waals surface area (Å²) in [6.45, 7) is 10.7. The van der Waals surface area contributed by atoms with Crippen LogP contribution in [0.25, 0.3) is 0 Å². The van der Waals surface area contributed by atoms with Crippen molar-refractivity contribution < 1.29 is 14.6 Å². The molecule has 6 nitrogen and oxygen atoms in total. The molecule has 2 heterocycles. The van der Waals surface area contributed by atoms with Gasteiger partial charge in [-0.25, -0.2) is 4.98 Å². The van der Waals surface area contributed by atoms with Crippen molar-refractivity contribution in [3.63, 3.8) is 0 Å². The molecule has 1 aliphatic heterocycles. The van der Waals surface area contributed by atoms with E-state index in [-0.39, 0.29) is 0 Å². The first kappa shape index (κ1) is 25.3. The maximum atomic E-state index is 11.2. The van der Waals surface area contributed by atoms with Crippen LogP contribution in [0.5, 0.6) is 11.5 Å². The summed E-state index contributed by atoms with van der Waals surface area (Å²) in [4.78, 5) is 6.79. The number of rotatable bonds is 10. The number of ether oxygens (including phenoxy) is 2. The highest BCUT2D eigenvalue weighted by Crippen LogP contribution is 2.27. The maximum absolute atomic E-state index is 11.2. The fraction of sp³-hybridized carbons (Fsp3) is 0.483. The minimum atomic E-state index is -0.790. The highest BCUT2D eigenvalue weighted by molar-refractivity contribution is 5.35. The second-order valence-corrected chi connectivity index (χ2v) is 9.80. The van der Waals surface area contributed by atoms with Gasteiger partial charge >= 0.3 is 0 Å². The molecule has 1 saturated heterocycles. The van der Waals surface area contributed by atoms with Gasteiger partial charge in [-0.05, 0) is 69.0 Å². The molecule has 1 fully saturated rings. The van der Waals surface area contributed by atoms with Crippen LogP contribution in [0.4, 0.5) is 0 Å². The van der Waals surface area contributed by atoms with E-state index in [9.17, 15) is 5.11 Å². The van der Waals surface area contributed by atoms with Crippen molar-refractivity contribution in [2.24, 2.45) is 0 Å². The van der Waals surface area contributed by atoms with Crippen LogP contribution in [0.1, 0.15) is 48.7 Å². The number of hydrogen-bond donors (Lipinski definition) is 1. The van der Waals surface area contributed by atoms with Crippen LogP contribution in [-0.2, 0) is 19.5 Å². The van der Waals surface area contributed by atoms with E-state index < -0.39 is 5.60 Å². The lowest BCUT2D eigenvalue weighted by Crippen LogP contribution is -2.37. The zero-order valence-electron chi connectivity index (χ0n) is 21.4. The van der Waals surface area contributed by atoms with Gasteiger partial charge in [-0.3, -0.25) is 4.90 Å². The second-order valence-electron chi connectivity index (χ2n) is 9.80.